The van der Waals surface area contributed by atoms with Gasteiger partial charge in [0.1, 0.15) is 4.21 Å². The van der Waals surface area contributed by atoms with E-state index in [1.165, 1.54) is 28.6 Å². The Hall–Kier alpha value is -2.58. The number of hydrogen-bond donors (Lipinski definition) is 1. The third kappa shape index (κ3) is 6.01. The molecule has 0 spiro atoms. The summed E-state index contributed by atoms with van der Waals surface area (Å²) in [5.74, 6) is -1.47. The summed E-state index contributed by atoms with van der Waals surface area (Å²) in [5.41, 5.74) is -0.250. The average molecular weight is 504 g/mol. The van der Waals surface area contributed by atoms with Gasteiger partial charge < -0.3 is 14.8 Å². The molecule has 1 aromatic heterocycles. The molecule has 1 saturated heterocycles. The van der Waals surface area contributed by atoms with Crippen molar-refractivity contribution in [3.05, 3.63) is 50.3 Å². The molecule has 0 bridgehead atoms. The van der Waals surface area contributed by atoms with E-state index in [9.17, 15) is 28.1 Å². The highest BCUT2D eigenvalue weighted by Crippen LogP contribution is 2.27. The zero-order valence-corrected chi connectivity index (χ0v) is 18.9. The summed E-state index contributed by atoms with van der Waals surface area (Å²) in [6.45, 7) is 0.547. The fourth-order valence-electron chi connectivity index (χ4n) is 2.75. The smallest absolute Gasteiger partial charge is 0.311 e. The van der Waals surface area contributed by atoms with Crippen molar-refractivity contribution in [3.8, 4) is 0 Å². The molecular formula is C18H18ClN3O8S2. The monoisotopic (exact) mass is 503 g/mol. The number of sulfonamides is 1. The van der Waals surface area contributed by atoms with Gasteiger partial charge in [-0.05, 0) is 18.2 Å². The number of anilines is 1. The van der Waals surface area contributed by atoms with Crippen molar-refractivity contribution in [2.45, 2.75) is 10.6 Å². The van der Waals surface area contributed by atoms with Gasteiger partial charge in [0.2, 0.25) is 0 Å². The van der Waals surface area contributed by atoms with Gasteiger partial charge in [-0.2, -0.15) is 4.31 Å². The third-order valence-electron chi connectivity index (χ3n) is 4.32. The molecule has 32 heavy (non-hydrogen) atoms. The van der Waals surface area contributed by atoms with Crippen molar-refractivity contribution < 1.29 is 32.4 Å². The number of ether oxygens (including phenoxy) is 2. The fraction of sp³-hybridized carbons (Fsp3) is 0.333. The normalized spacial score (nSPS) is 14.7. The molecule has 2 heterocycles. The number of esters is 1. The molecule has 0 atom stereocenters. The molecule has 1 fully saturated rings. The predicted octanol–water partition coefficient (Wildman–Crippen LogP) is 2.05. The lowest BCUT2D eigenvalue weighted by Crippen LogP contribution is -2.40. The van der Waals surface area contributed by atoms with Crippen molar-refractivity contribution in [2.75, 3.05) is 38.2 Å². The van der Waals surface area contributed by atoms with Gasteiger partial charge >= 0.3 is 5.97 Å². The first-order valence-electron chi connectivity index (χ1n) is 9.23. The number of halogens is 1. The maximum Gasteiger partial charge on any atom is 0.311 e. The van der Waals surface area contributed by atoms with Crippen LogP contribution in [0.5, 0.6) is 0 Å². The van der Waals surface area contributed by atoms with Crippen molar-refractivity contribution in [3.63, 3.8) is 0 Å². The number of benzene rings is 1. The number of hydrogen-bond acceptors (Lipinski definition) is 9. The number of nitrogens with zero attached hydrogens (tertiary/aromatic N) is 2. The maximum absolute atomic E-state index is 12.6. The standard InChI is InChI=1S/C18H18ClN3O8S2/c19-14-3-1-12(22(25)26)9-15(14)20-16(23)11-30-17(24)10-13-2-4-18(31-13)32(27,28)21-5-7-29-8-6-21/h1-4,9H,5-8,10-11H2,(H,20,23). The second kappa shape index (κ2) is 10.4. The second-order valence-corrected chi connectivity index (χ2v) is 10.3. The molecule has 1 N–H and O–H groups in total. The molecule has 0 radical (unpaired) electrons. The number of amides is 1. The summed E-state index contributed by atoms with van der Waals surface area (Å²) in [7, 11) is -3.66. The van der Waals surface area contributed by atoms with Crippen LogP contribution >= 0.6 is 22.9 Å². The summed E-state index contributed by atoms with van der Waals surface area (Å²) in [5, 5.41) is 13.3. The van der Waals surface area contributed by atoms with Crippen LogP contribution in [0, 0.1) is 10.1 Å². The minimum atomic E-state index is -3.66. The Labute approximate surface area is 192 Å². The minimum absolute atomic E-state index is 0.0122. The van der Waals surface area contributed by atoms with Gasteiger partial charge in [0, 0.05) is 30.1 Å². The number of carbonyl (C=O) groups excluding carboxylic acids is 2. The van der Waals surface area contributed by atoms with Gasteiger partial charge in [-0.15, -0.1) is 11.3 Å². The fourth-order valence-corrected chi connectivity index (χ4v) is 5.82. The van der Waals surface area contributed by atoms with Crippen LogP contribution in [0.1, 0.15) is 4.88 Å². The van der Waals surface area contributed by atoms with Crippen LogP contribution in [0.15, 0.2) is 34.5 Å². The van der Waals surface area contributed by atoms with Gasteiger partial charge in [0.15, 0.2) is 6.61 Å². The molecule has 0 aliphatic carbocycles. The first-order chi connectivity index (χ1) is 15.2. The number of carbonyl (C=O) groups is 2. The van der Waals surface area contributed by atoms with Gasteiger partial charge in [0.05, 0.1) is 35.3 Å². The van der Waals surface area contributed by atoms with E-state index < -0.39 is 33.4 Å². The Morgan fingerprint density at radius 3 is 2.66 bits per heavy atom. The Morgan fingerprint density at radius 1 is 1.25 bits per heavy atom. The van der Waals surface area contributed by atoms with E-state index >= 15 is 0 Å². The molecule has 14 heteroatoms. The first-order valence-corrected chi connectivity index (χ1v) is 11.9. The molecule has 2 aromatic rings. The van der Waals surface area contributed by atoms with Crippen molar-refractivity contribution in [1.29, 1.82) is 0 Å². The van der Waals surface area contributed by atoms with Crippen molar-refractivity contribution in [1.82, 2.24) is 4.31 Å². The van der Waals surface area contributed by atoms with E-state index in [0.717, 1.165) is 17.4 Å². The van der Waals surface area contributed by atoms with Crippen LogP contribution in [0.25, 0.3) is 0 Å². The van der Waals surface area contributed by atoms with Gasteiger partial charge in [-0.25, -0.2) is 8.42 Å². The van der Waals surface area contributed by atoms with E-state index in [1.54, 1.807) is 0 Å². The molecule has 0 unspecified atom stereocenters. The number of thiophene rings is 1. The topological polar surface area (TPSA) is 145 Å². The van der Waals surface area contributed by atoms with Crippen LogP contribution in [0.2, 0.25) is 5.02 Å². The van der Waals surface area contributed by atoms with E-state index in [4.69, 9.17) is 21.1 Å². The van der Waals surface area contributed by atoms with E-state index in [1.807, 2.05) is 0 Å². The van der Waals surface area contributed by atoms with Gasteiger partial charge in [-0.3, -0.25) is 19.7 Å². The number of morpholine rings is 1. The molecule has 1 aliphatic heterocycles. The number of rotatable bonds is 8. The highest BCUT2D eigenvalue weighted by atomic mass is 35.5. The van der Waals surface area contributed by atoms with Crippen molar-refractivity contribution in [2.24, 2.45) is 0 Å². The summed E-state index contributed by atoms with van der Waals surface area (Å²) >= 11 is 6.86. The lowest BCUT2D eigenvalue weighted by molar-refractivity contribution is -0.384. The maximum atomic E-state index is 12.6. The Balaban J connectivity index is 1.53. The third-order valence-corrected chi connectivity index (χ3v) is 8.10. The van der Waals surface area contributed by atoms with Gasteiger partial charge in [-0.1, -0.05) is 11.6 Å². The van der Waals surface area contributed by atoms with E-state index in [-0.39, 0.29) is 40.1 Å². The predicted molar refractivity (Wildman–Crippen MR) is 115 cm³/mol. The zero-order chi connectivity index (χ0) is 23.3. The van der Waals surface area contributed by atoms with Crippen LogP contribution in [0.3, 0.4) is 0 Å². The highest BCUT2D eigenvalue weighted by molar-refractivity contribution is 7.91. The second-order valence-electron chi connectivity index (χ2n) is 6.54. The molecule has 1 aromatic carbocycles. The molecule has 172 valence electrons. The molecule has 11 nitrogen and oxygen atoms in total. The van der Waals surface area contributed by atoms with E-state index in [0.29, 0.717) is 18.1 Å². The molecule has 3 rings (SSSR count). The summed E-state index contributed by atoms with van der Waals surface area (Å²) in [6, 6.07) is 6.48. The van der Waals surface area contributed by atoms with Crippen molar-refractivity contribution >= 4 is 56.2 Å². The van der Waals surface area contributed by atoms with Gasteiger partial charge in [0.25, 0.3) is 21.6 Å². The average Bonchev–Trinajstić information content (AvgIpc) is 3.23. The Bertz CT molecular complexity index is 1130. The van der Waals surface area contributed by atoms with Crippen LogP contribution < -0.4 is 5.32 Å². The summed E-state index contributed by atoms with van der Waals surface area (Å²) in [6.07, 6.45) is -0.214. The highest BCUT2D eigenvalue weighted by Gasteiger charge is 2.28. The number of nitro groups is 1. The molecule has 1 aliphatic rings. The number of nitro benzene ring substituents is 1. The first kappa shape index (κ1) is 24.1. The Morgan fingerprint density at radius 2 is 1.97 bits per heavy atom. The van der Waals surface area contributed by atoms with Crippen LogP contribution in [0.4, 0.5) is 11.4 Å². The van der Waals surface area contributed by atoms with E-state index in [2.05, 4.69) is 5.32 Å². The quantitative estimate of drug-likeness (QED) is 0.327. The van der Waals surface area contributed by atoms with Crippen LogP contribution in [-0.2, 0) is 35.5 Å². The van der Waals surface area contributed by atoms with Crippen LogP contribution in [-0.4, -0.2) is 62.4 Å². The lowest BCUT2D eigenvalue weighted by atomic mass is 10.3. The minimum Gasteiger partial charge on any atom is -0.455 e. The molecular weight excluding hydrogens is 486 g/mol. The Kier molecular flexibility index (Phi) is 7.79. The number of nitrogens with one attached hydrogen (secondary N) is 1. The summed E-state index contributed by atoms with van der Waals surface area (Å²) < 4.78 is 36.8. The largest absolute Gasteiger partial charge is 0.455 e. The summed E-state index contributed by atoms with van der Waals surface area (Å²) in [4.78, 5) is 34.7. The number of non-ortho nitro benzene ring substituents is 1. The molecule has 0 saturated carbocycles. The SMILES string of the molecule is O=C(COC(=O)Cc1ccc(S(=O)(=O)N2CCOCC2)s1)Nc1cc([N+](=O)[O-])ccc1Cl. The molecule has 1 amide bonds. The zero-order valence-electron chi connectivity index (χ0n) is 16.5. The lowest BCUT2D eigenvalue weighted by Gasteiger charge is -2.25.